The van der Waals surface area contributed by atoms with E-state index in [1.165, 1.54) is 0 Å². The predicted molar refractivity (Wildman–Crippen MR) is 59.6 cm³/mol. The molecule has 1 saturated heterocycles. The summed E-state index contributed by atoms with van der Waals surface area (Å²) >= 11 is 0. The summed E-state index contributed by atoms with van der Waals surface area (Å²) < 4.78 is 0. The van der Waals surface area contributed by atoms with Crippen LogP contribution < -0.4 is 5.32 Å². The number of pyridine rings is 1. The Morgan fingerprint density at radius 1 is 1.40 bits per heavy atom. The SMILES string of the molecule is CN1CCNCC1C=O.c1ccncc1. The van der Waals surface area contributed by atoms with Crippen molar-refractivity contribution < 1.29 is 4.79 Å². The topological polar surface area (TPSA) is 45.2 Å². The first-order valence-electron chi connectivity index (χ1n) is 5.06. The summed E-state index contributed by atoms with van der Waals surface area (Å²) in [4.78, 5) is 16.1. The van der Waals surface area contributed by atoms with Crippen molar-refractivity contribution in [1.82, 2.24) is 15.2 Å². The van der Waals surface area contributed by atoms with Crippen LogP contribution in [0, 0.1) is 0 Å². The molecule has 0 spiro atoms. The number of nitrogens with zero attached hydrogens (tertiary/aromatic N) is 2. The fourth-order valence-corrected chi connectivity index (χ4v) is 1.29. The van der Waals surface area contributed by atoms with Crippen LogP contribution in [-0.4, -0.2) is 48.9 Å². The molecule has 1 aliphatic heterocycles. The number of aldehydes is 1. The van der Waals surface area contributed by atoms with E-state index in [0.29, 0.717) is 0 Å². The normalized spacial score (nSPS) is 21.3. The first-order chi connectivity index (χ1) is 7.34. The molecule has 2 heterocycles. The number of hydrogen-bond donors (Lipinski definition) is 1. The molecule has 4 nitrogen and oxygen atoms in total. The lowest BCUT2D eigenvalue weighted by atomic mass is 10.2. The summed E-state index contributed by atoms with van der Waals surface area (Å²) in [5.74, 6) is 0. The predicted octanol–water partition coefficient (Wildman–Crippen LogP) is 0.171. The molecular weight excluding hydrogens is 190 g/mol. The van der Waals surface area contributed by atoms with Gasteiger partial charge in [0.05, 0.1) is 6.04 Å². The molecule has 1 unspecified atom stereocenters. The number of aromatic nitrogens is 1. The number of piperazine rings is 1. The summed E-state index contributed by atoms with van der Waals surface area (Å²) in [6.07, 6.45) is 4.49. The highest BCUT2D eigenvalue weighted by Crippen LogP contribution is 1.94. The van der Waals surface area contributed by atoms with Crippen molar-refractivity contribution in [2.75, 3.05) is 26.7 Å². The van der Waals surface area contributed by atoms with Gasteiger partial charge in [0.25, 0.3) is 0 Å². The third-order valence-corrected chi connectivity index (χ3v) is 2.28. The van der Waals surface area contributed by atoms with Crippen molar-refractivity contribution >= 4 is 6.29 Å². The summed E-state index contributed by atoms with van der Waals surface area (Å²) in [5.41, 5.74) is 0. The van der Waals surface area contributed by atoms with E-state index in [-0.39, 0.29) is 6.04 Å². The standard InChI is InChI=1S/C6H12N2O.C5H5N/c1-8-3-2-7-4-6(8)5-9;1-2-4-6-5-3-1/h5-7H,2-4H2,1H3;1-5H. The average Bonchev–Trinajstić information content (AvgIpc) is 2.33. The van der Waals surface area contributed by atoms with Gasteiger partial charge in [-0.15, -0.1) is 0 Å². The van der Waals surface area contributed by atoms with Crippen LogP contribution in [0.4, 0.5) is 0 Å². The fourth-order valence-electron chi connectivity index (χ4n) is 1.29. The molecule has 1 aliphatic rings. The molecule has 1 fully saturated rings. The van der Waals surface area contributed by atoms with Gasteiger partial charge in [0.2, 0.25) is 0 Å². The number of carbonyl (C=O) groups excluding carboxylic acids is 1. The highest BCUT2D eigenvalue weighted by Gasteiger charge is 2.16. The molecule has 15 heavy (non-hydrogen) atoms. The van der Waals surface area contributed by atoms with Crippen LogP contribution in [0.1, 0.15) is 0 Å². The lowest BCUT2D eigenvalue weighted by molar-refractivity contribution is -0.112. The molecule has 1 aromatic rings. The number of likely N-dealkylation sites (N-methyl/N-ethyl adjacent to an activating group) is 1. The second kappa shape index (κ2) is 7.09. The molecular formula is C11H17N3O. The molecule has 4 heteroatoms. The van der Waals surface area contributed by atoms with E-state index >= 15 is 0 Å². The van der Waals surface area contributed by atoms with E-state index in [2.05, 4.69) is 15.2 Å². The maximum Gasteiger partial charge on any atom is 0.138 e. The van der Waals surface area contributed by atoms with Crippen LogP contribution in [-0.2, 0) is 4.79 Å². The molecule has 0 radical (unpaired) electrons. The minimum atomic E-state index is 0.0961. The Balaban J connectivity index is 0.000000162. The van der Waals surface area contributed by atoms with Gasteiger partial charge < -0.3 is 10.1 Å². The van der Waals surface area contributed by atoms with Crippen molar-refractivity contribution in [2.24, 2.45) is 0 Å². The molecule has 0 saturated carbocycles. The van der Waals surface area contributed by atoms with Gasteiger partial charge >= 0.3 is 0 Å². The van der Waals surface area contributed by atoms with Gasteiger partial charge in [0, 0.05) is 32.0 Å². The monoisotopic (exact) mass is 207 g/mol. The molecule has 0 aromatic carbocycles. The highest BCUT2D eigenvalue weighted by atomic mass is 16.1. The molecule has 2 rings (SSSR count). The van der Waals surface area contributed by atoms with E-state index in [4.69, 9.17) is 0 Å². The summed E-state index contributed by atoms with van der Waals surface area (Å²) in [6.45, 7) is 2.78. The third-order valence-electron chi connectivity index (χ3n) is 2.28. The van der Waals surface area contributed by atoms with Crippen LogP contribution >= 0.6 is 0 Å². The zero-order valence-electron chi connectivity index (χ0n) is 8.97. The molecule has 0 aliphatic carbocycles. The van der Waals surface area contributed by atoms with E-state index in [1.54, 1.807) is 12.4 Å². The Morgan fingerprint density at radius 2 is 2.13 bits per heavy atom. The number of carbonyl (C=O) groups is 1. The highest BCUT2D eigenvalue weighted by molar-refractivity contribution is 5.58. The maximum atomic E-state index is 10.3. The first kappa shape index (κ1) is 11.8. The Bertz CT molecular complexity index is 239. The van der Waals surface area contributed by atoms with Crippen LogP contribution in [0.15, 0.2) is 30.6 Å². The molecule has 0 bridgehead atoms. The zero-order valence-corrected chi connectivity index (χ0v) is 8.97. The van der Waals surface area contributed by atoms with Crippen molar-refractivity contribution in [1.29, 1.82) is 0 Å². The Labute approximate surface area is 90.3 Å². The van der Waals surface area contributed by atoms with E-state index < -0.39 is 0 Å². The molecule has 1 N–H and O–H groups in total. The summed E-state index contributed by atoms with van der Waals surface area (Å²) in [5, 5.41) is 3.14. The van der Waals surface area contributed by atoms with Gasteiger partial charge in [-0.25, -0.2) is 0 Å². The zero-order chi connectivity index (χ0) is 10.9. The quantitative estimate of drug-likeness (QED) is 0.667. The first-order valence-corrected chi connectivity index (χ1v) is 5.06. The summed E-state index contributed by atoms with van der Waals surface area (Å²) in [6, 6.07) is 5.81. The second-order valence-electron chi connectivity index (χ2n) is 3.41. The van der Waals surface area contributed by atoms with Gasteiger partial charge in [-0.1, -0.05) is 6.07 Å². The van der Waals surface area contributed by atoms with Crippen LogP contribution in [0.2, 0.25) is 0 Å². The fraction of sp³-hybridized carbons (Fsp3) is 0.455. The summed E-state index contributed by atoms with van der Waals surface area (Å²) in [7, 11) is 1.97. The maximum absolute atomic E-state index is 10.3. The van der Waals surface area contributed by atoms with Gasteiger partial charge in [-0.2, -0.15) is 0 Å². The minimum absolute atomic E-state index is 0.0961. The number of nitrogens with one attached hydrogen (secondary N) is 1. The van der Waals surface area contributed by atoms with Crippen LogP contribution in [0.25, 0.3) is 0 Å². The third kappa shape index (κ3) is 4.67. The lowest BCUT2D eigenvalue weighted by Gasteiger charge is -2.28. The van der Waals surface area contributed by atoms with Crippen molar-refractivity contribution in [3.05, 3.63) is 30.6 Å². The van der Waals surface area contributed by atoms with Gasteiger partial charge in [-0.05, 0) is 19.2 Å². The van der Waals surface area contributed by atoms with E-state index in [1.807, 2.05) is 25.2 Å². The van der Waals surface area contributed by atoms with E-state index in [9.17, 15) is 4.79 Å². The average molecular weight is 207 g/mol. The molecule has 82 valence electrons. The minimum Gasteiger partial charge on any atom is -0.313 e. The molecule has 1 atom stereocenters. The molecule has 1 aromatic heterocycles. The Kier molecular flexibility index (Phi) is 5.58. The number of hydrogen-bond acceptors (Lipinski definition) is 4. The van der Waals surface area contributed by atoms with Crippen molar-refractivity contribution in [2.45, 2.75) is 6.04 Å². The van der Waals surface area contributed by atoms with Crippen LogP contribution in [0.3, 0.4) is 0 Å². The smallest absolute Gasteiger partial charge is 0.138 e. The Hall–Kier alpha value is -1.26. The lowest BCUT2D eigenvalue weighted by Crippen LogP contribution is -2.49. The largest absolute Gasteiger partial charge is 0.313 e. The Morgan fingerprint density at radius 3 is 2.47 bits per heavy atom. The van der Waals surface area contributed by atoms with Crippen molar-refractivity contribution in [3.8, 4) is 0 Å². The number of rotatable bonds is 1. The van der Waals surface area contributed by atoms with Crippen LogP contribution in [0.5, 0.6) is 0 Å². The van der Waals surface area contributed by atoms with Gasteiger partial charge in [0.15, 0.2) is 0 Å². The van der Waals surface area contributed by atoms with Gasteiger partial charge in [-0.3, -0.25) is 9.88 Å². The molecule has 0 amide bonds. The second-order valence-corrected chi connectivity index (χ2v) is 3.41. The van der Waals surface area contributed by atoms with Crippen molar-refractivity contribution in [3.63, 3.8) is 0 Å². The van der Waals surface area contributed by atoms with Gasteiger partial charge in [0.1, 0.15) is 6.29 Å². The van der Waals surface area contributed by atoms with E-state index in [0.717, 1.165) is 25.9 Å².